The van der Waals surface area contributed by atoms with Crippen molar-refractivity contribution in [2.45, 2.75) is 25.8 Å². The second-order valence-corrected chi connectivity index (χ2v) is 5.79. The Balaban J connectivity index is 2.75. The summed E-state index contributed by atoms with van der Waals surface area (Å²) in [4.78, 5) is 0. The summed E-state index contributed by atoms with van der Waals surface area (Å²) < 4.78 is 25.5. The molecule has 1 rings (SSSR count). The Morgan fingerprint density at radius 1 is 1.60 bits per heavy atom. The lowest BCUT2D eigenvalue weighted by Crippen LogP contribution is -2.42. The van der Waals surface area contributed by atoms with Crippen LogP contribution in [0.2, 0.25) is 0 Å². The maximum Gasteiger partial charge on any atom is 0.217 e. The number of nitrogens with one attached hydrogen (secondary N) is 1. The van der Waals surface area contributed by atoms with Crippen LogP contribution in [0.25, 0.3) is 0 Å². The van der Waals surface area contributed by atoms with Gasteiger partial charge in [-0.2, -0.15) is 4.31 Å². The van der Waals surface area contributed by atoms with Crippen LogP contribution >= 0.6 is 0 Å². The van der Waals surface area contributed by atoms with Crippen molar-refractivity contribution in [3.8, 4) is 0 Å². The van der Waals surface area contributed by atoms with Gasteiger partial charge in [-0.15, -0.1) is 6.58 Å². The van der Waals surface area contributed by atoms with E-state index in [-0.39, 0.29) is 11.8 Å². The summed E-state index contributed by atoms with van der Waals surface area (Å²) >= 11 is 0. The van der Waals surface area contributed by atoms with Gasteiger partial charge in [0.2, 0.25) is 10.0 Å². The fourth-order valence-electron chi connectivity index (χ4n) is 1.90. The maximum absolute atomic E-state index is 11.9. The van der Waals surface area contributed by atoms with Crippen molar-refractivity contribution >= 4 is 10.0 Å². The molecule has 0 aliphatic carbocycles. The maximum atomic E-state index is 11.9. The van der Waals surface area contributed by atoms with Crippen molar-refractivity contribution in [3.63, 3.8) is 0 Å². The van der Waals surface area contributed by atoms with Gasteiger partial charge in [-0.25, -0.2) is 8.42 Å². The molecule has 5 heteroatoms. The zero-order valence-electron chi connectivity index (χ0n) is 9.28. The number of hydrogen-bond donors (Lipinski definition) is 1. The first-order chi connectivity index (χ1) is 7.11. The second kappa shape index (κ2) is 5.63. The van der Waals surface area contributed by atoms with E-state index in [1.165, 1.54) is 6.08 Å². The molecule has 4 nitrogen and oxygen atoms in total. The molecule has 1 unspecified atom stereocenters. The van der Waals surface area contributed by atoms with Crippen LogP contribution in [0, 0.1) is 0 Å². The monoisotopic (exact) mass is 232 g/mol. The summed E-state index contributed by atoms with van der Waals surface area (Å²) in [6.07, 6.45) is 3.23. The molecule has 0 amide bonds. The molecule has 1 saturated heterocycles. The fourth-order valence-corrected chi connectivity index (χ4v) is 3.48. The molecule has 0 bridgehead atoms. The van der Waals surface area contributed by atoms with Crippen LogP contribution in [0.5, 0.6) is 0 Å². The summed E-state index contributed by atoms with van der Waals surface area (Å²) in [5.41, 5.74) is 0. The van der Waals surface area contributed by atoms with Gasteiger partial charge in [0.15, 0.2) is 0 Å². The minimum absolute atomic E-state index is 0.0451. The number of rotatable bonds is 6. The molecule has 1 aliphatic rings. The Kier molecular flexibility index (Phi) is 4.76. The van der Waals surface area contributed by atoms with Gasteiger partial charge in [0.05, 0.1) is 5.75 Å². The molecule has 0 spiro atoms. The molecular weight excluding hydrogens is 212 g/mol. The Labute approximate surface area is 92.4 Å². The van der Waals surface area contributed by atoms with Crippen molar-refractivity contribution < 1.29 is 8.42 Å². The normalized spacial score (nSPS) is 22.1. The van der Waals surface area contributed by atoms with Crippen molar-refractivity contribution in [1.82, 2.24) is 9.62 Å². The molecule has 0 aromatic carbocycles. The van der Waals surface area contributed by atoms with Crippen LogP contribution in [0.15, 0.2) is 12.7 Å². The Morgan fingerprint density at radius 2 is 2.33 bits per heavy atom. The van der Waals surface area contributed by atoms with Gasteiger partial charge in [-0.3, -0.25) is 0 Å². The topological polar surface area (TPSA) is 49.4 Å². The summed E-state index contributed by atoms with van der Waals surface area (Å²) in [5, 5.41) is 3.19. The van der Waals surface area contributed by atoms with Crippen molar-refractivity contribution in [2.75, 3.05) is 25.4 Å². The van der Waals surface area contributed by atoms with E-state index in [1.54, 1.807) is 4.31 Å². The quantitative estimate of drug-likeness (QED) is 0.681. The molecule has 0 saturated carbocycles. The lowest BCUT2D eigenvalue weighted by atomic mass is 10.2. The van der Waals surface area contributed by atoms with E-state index in [0.717, 1.165) is 25.9 Å². The third-order valence-electron chi connectivity index (χ3n) is 2.57. The van der Waals surface area contributed by atoms with Gasteiger partial charge < -0.3 is 5.32 Å². The number of sulfonamides is 1. The van der Waals surface area contributed by atoms with E-state index in [1.807, 2.05) is 6.92 Å². The highest BCUT2D eigenvalue weighted by molar-refractivity contribution is 7.89. The third-order valence-corrected chi connectivity index (χ3v) is 4.42. The molecule has 15 heavy (non-hydrogen) atoms. The van der Waals surface area contributed by atoms with Crippen molar-refractivity contribution in [3.05, 3.63) is 12.7 Å². The van der Waals surface area contributed by atoms with Crippen LogP contribution in [0.3, 0.4) is 0 Å². The lowest BCUT2D eigenvalue weighted by Gasteiger charge is -2.26. The first kappa shape index (κ1) is 12.7. The Morgan fingerprint density at radius 3 is 2.80 bits per heavy atom. The summed E-state index contributed by atoms with van der Waals surface area (Å²) in [7, 11) is -3.14. The SMILES string of the molecule is C=CCS(=O)(=O)N(CCC)C1CCNC1. The molecule has 0 radical (unpaired) electrons. The van der Waals surface area contributed by atoms with E-state index < -0.39 is 10.0 Å². The summed E-state index contributed by atoms with van der Waals surface area (Å²) in [6, 6.07) is 0.134. The minimum Gasteiger partial charge on any atom is -0.315 e. The molecular formula is C10H20N2O2S. The molecule has 1 heterocycles. The summed E-state index contributed by atoms with van der Waals surface area (Å²) in [6.45, 7) is 7.79. The average Bonchev–Trinajstić information content (AvgIpc) is 2.66. The lowest BCUT2D eigenvalue weighted by molar-refractivity contribution is 0.336. The van der Waals surface area contributed by atoms with Crippen LogP contribution in [0.4, 0.5) is 0 Å². The van der Waals surface area contributed by atoms with Gasteiger partial charge in [0, 0.05) is 19.1 Å². The second-order valence-electron chi connectivity index (χ2n) is 3.82. The third kappa shape index (κ3) is 3.29. The smallest absolute Gasteiger partial charge is 0.217 e. The van der Waals surface area contributed by atoms with Crippen LogP contribution < -0.4 is 5.32 Å². The Bertz CT molecular complexity index is 295. The highest BCUT2D eigenvalue weighted by Crippen LogP contribution is 2.14. The van der Waals surface area contributed by atoms with E-state index in [0.29, 0.717) is 6.54 Å². The number of nitrogens with zero attached hydrogens (tertiary/aromatic N) is 1. The van der Waals surface area contributed by atoms with Crippen LogP contribution in [0.1, 0.15) is 19.8 Å². The highest BCUT2D eigenvalue weighted by atomic mass is 32.2. The molecule has 0 aromatic heterocycles. The molecule has 1 atom stereocenters. The summed E-state index contributed by atoms with van der Waals surface area (Å²) in [5.74, 6) is 0.0451. The zero-order valence-corrected chi connectivity index (χ0v) is 10.1. The first-order valence-corrected chi connectivity index (χ1v) is 7.04. The van der Waals surface area contributed by atoms with Gasteiger partial charge in [0.1, 0.15) is 0 Å². The minimum atomic E-state index is -3.14. The largest absolute Gasteiger partial charge is 0.315 e. The molecule has 1 N–H and O–H groups in total. The predicted octanol–water partition coefficient (Wildman–Crippen LogP) is 0.576. The standard InChI is InChI=1S/C10H20N2O2S/c1-3-7-12(10-5-6-11-9-10)15(13,14)8-4-2/h4,10-11H,2-3,5-9H2,1H3. The number of hydrogen-bond acceptors (Lipinski definition) is 3. The van der Waals surface area contributed by atoms with E-state index >= 15 is 0 Å². The highest BCUT2D eigenvalue weighted by Gasteiger charge is 2.30. The van der Waals surface area contributed by atoms with E-state index in [2.05, 4.69) is 11.9 Å². The van der Waals surface area contributed by atoms with Crippen molar-refractivity contribution in [1.29, 1.82) is 0 Å². The molecule has 1 fully saturated rings. The average molecular weight is 232 g/mol. The van der Waals surface area contributed by atoms with E-state index in [4.69, 9.17) is 0 Å². The van der Waals surface area contributed by atoms with Crippen molar-refractivity contribution in [2.24, 2.45) is 0 Å². The van der Waals surface area contributed by atoms with Crippen LogP contribution in [-0.2, 0) is 10.0 Å². The van der Waals surface area contributed by atoms with Gasteiger partial charge in [0.25, 0.3) is 0 Å². The van der Waals surface area contributed by atoms with Gasteiger partial charge in [-0.05, 0) is 19.4 Å². The fraction of sp³-hybridized carbons (Fsp3) is 0.800. The predicted molar refractivity (Wildman–Crippen MR) is 62.3 cm³/mol. The molecule has 1 aliphatic heterocycles. The van der Waals surface area contributed by atoms with E-state index in [9.17, 15) is 8.42 Å². The first-order valence-electron chi connectivity index (χ1n) is 5.43. The zero-order chi connectivity index (χ0) is 11.3. The Hall–Kier alpha value is -0.390. The molecule has 88 valence electrons. The molecule has 0 aromatic rings. The van der Waals surface area contributed by atoms with Crippen LogP contribution in [-0.4, -0.2) is 44.2 Å². The van der Waals surface area contributed by atoms with Gasteiger partial charge in [-0.1, -0.05) is 13.0 Å². The van der Waals surface area contributed by atoms with Gasteiger partial charge >= 0.3 is 0 Å².